The molecule has 1 aliphatic carbocycles. The molecule has 1 aromatic carbocycles. The SMILES string of the molecule is Cc1n[nH]c(C)c1S(=O)(=O)Nc1ccc2c(c1)C1(CCCC1)C(=O)N2. The first-order valence-electron chi connectivity index (χ1n) is 8.34. The van der Waals surface area contributed by atoms with Crippen LogP contribution in [0.4, 0.5) is 11.4 Å². The lowest BCUT2D eigenvalue weighted by molar-refractivity contribution is -0.120. The second-order valence-electron chi connectivity index (χ2n) is 6.87. The maximum atomic E-state index is 12.7. The number of amides is 1. The highest BCUT2D eigenvalue weighted by Gasteiger charge is 2.48. The minimum absolute atomic E-state index is 0.0292. The molecule has 1 aliphatic heterocycles. The van der Waals surface area contributed by atoms with Gasteiger partial charge in [0.1, 0.15) is 4.90 Å². The van der Waals surface area contributed by atoms with Gasteiger partial charge in [-0.2, -0.15) is 5.10 Å². The van der Waals surface area contributed by atoms with Crippen molar-refractivity contribution in [3.05, 3.63) is 35.2 Å². The van der Waals surface area contributed by atoms with Gasteiger partial charge in [0.15, 0.2) is 0 Å². The summed E-state index contributed by atoms with van der Waals surface area (Å²) in [7, 11) is -3.75. The standard InChI is InChI=1S/C17H20N4O3S/c1-10-15(11(2)20-19-10)25(23,24)21-12-5-6-14-13(9-12)17(16(22)18-14)7-3-4-8-17/h5-6,9,21H,3-4,7-8H2,1-2H3,(H,18,22)(H,19,20). The van der Waals surface area contributed by atoms with Crippen molar-refractivity contribution in [3.63, 3.8) is 0 Å². The second-order valence-corrected chi connectivity index (χ2v) is 8.49. The summed E-state index contributed by atoms with van der Waals surface area (Å²) in [4.78, 5) is 12.6. The monoisotopic (exact) mass is 360 g/mol. The Bertz CT molecular complexity index is 952. The third-order valence-corrected chi connectivity index (χ3v) is 6.90. The molecule has 132 valence electrons. The molecule has 0 atom stereocenters. The Morgan fingerprint density at radius 2 is 1.92 bits per heavy atom. The van der Waals surface area contributed by atoms with E-state index in [0.717, 1.165) is 36.9 Å². The summed E-state index contributed by atoms with van der Waals surface area (Å²) in [5, 5.41) is 9.58. The molecule has 4 rings (SSSR count). The number of fused-ring (bicyclic) bond motifs is 2. The zero-order valence-corrected chi connectivity index (χ0v) is 15.0. The lowest BCUT2D eigenvalue weighted by Crippen LogP contribution is -2.31. The Labute approximate surface area is 146 Å². The van der Waals surface area contributed by atoms with Crippen LogP contribution in [0, 0.1) is 13.8 Å². The number of nitrogens with zero attached hydrogens (tertiary/aromatic N) is 1. The topological polar surface area (TPSA) is 104 Å². The lowest BCUT2D eigenvalue weighted by Gasteiger charge is -2.21. The summed E-state index contributed by atoms with van der Waals surface area (Å²) >= 11 is 0. The molecule has 1 spiro atoms. The summed E-state index contributed by atoms with van der Waals surface area (Å²) in [6, 6.07) is 5.24. The summed E-state index contributed by atoms with van der Waals surface area (Å²) in [5.41, 5.74) is 2.56. The fraction of sp³-hybridized carbons (Fsp3) is 0.412. The summed E-state index contributed by atoms with van der Waals surface area (Å²) in [5.74, 6) is 0.0292. The summed E-state index contributed by atoms with van der Waals surface area (Å²) in [6.45, 7) is 3.32. The van der Waals surface area contributed by atoms with E-state index in [1.165, 1.54) is 0 Å². The van der Waals surface area contributed by atoms with Gasteiger partial charge in [0.05, 0.1) is 16.8 Å². The van der Waals surface area contributed by atoms with Crippen molar-refractivity contribution in [2.75, 3.05) is 10.0 Å². The maximum Gasteiger partial charge on any atom is 0.265 e. The Balaban J connectivity index is 1.72. The number of nitrogens with one attached hydrogen (secondary N) is 3. The van der Waals surface area contributed by atoms with Crippen molar-refractivity contribution >= 4 is 27.3 Å². The third-order valence-electron chi connectivity index (χ3n) is 5.26. The van der Waals surface area contributed by atoms with Crippen molar-refractivity contribution in [3.8, 4) is 0 Å². The van der Waals surface area contributed by atoms with E-state index < -0.39 is 15.4 Å². The Morgan fingerprint density at radius 1 is 1.20 bits per heavy atom. The summed E-state index contributed by atoms with van der Waals surface area (Å²) in [6.07, 6.45) is 3.64. The molecular formula is C17H20N4O3S. The van der Waals surface area contributed by atoms with Gasteiger partial charge in [-0.1, -0.05) is 12.8 Å². The van der Waals surface area contributed by atoms with E-state index in [1.54, 1.807) is 32.0 Å². The molecule has 25 heavy (non-hydrogen) atoms. The van der Waals surface area contributed by atoms with E-state index in [9.17, 15) is 13.2 Å². The van der Waals surface area contributed by atoms with Crippen molar-refractivity contribution in [1.82, 2.24) is 10.2 Å². The van der Waals surface area contributed by atoms with E-state index in [1.807, 2.05) is 0 Å². The van der Waals surface area contributed by atoms with E-state index >= 15 is 0 Å². The Hall–Kier alpha value is -2.35. The van der Waals surface area contributed by atoms with Gasteiger partial charge < -0.3 is 5.32 Å². The molecule has 7 nitrogen and oxygen atoms in total. The number of aromatic nitrogens is 2. The number of H-pyrrole nitrogens is 1. The number of benzene rings is 1. The highest BCUT2D eigenvalue weighted by Crippen LogP contribution is 2.49. The first-order chi connectivity index (χ1) is 11.8. The normalized spacial score (nSPS) is 18.4. The predicted molar refractivity (Wildman–Crippen MR) is 94.1 cm³/mol. The average molecular weight is 360 g/mol. The van der Waals surface area contributed by atoms with E-state index in [4.69, 9.17) is 0 Å². The molecule has 0 saturated heterocycles. The van der Waals surface area contributed by atoms with E-state index in [2.05, 4.69) is 20.2 Å². The molecule has 1 fully saturated rings. The van der Waals surface area contributed by atoms with Crippen LogP contribution in [0.1, 0.15) is 42.6 Å². The average Bonchev–Trinajstić information content (AvgIpc) is 3.22. The number of sulfonamides is 1. The Morgan fingerprint density at radius 3 is 2.56 bits per heavy atom. The van der Waals surface area contributed by atoms with Crippen LogP contribution in [-0.4, -0.2) is 24.5 Å². The van der Waals surface area contributed by atoms with Gasteiger partial charge in [0.2, 0.25) is 5.91 Å². The van der Waals surface area contributed by atoms with Crippen LogP contribution in [0.25, 0.3) is 0 Å². The van der Waals surface area contributed by atoms with Gasteiger partial charge in [-0.05, 0) is 50.5 Å². The third kappa shape index (κ3) is 2.35. The predicted octanol–water partition coefficient (Wildman–Crippen LogP) is 2.59. The zero-order valence-electron chi connectivity index (χ0n) is 14.1. The van der Waals surface area contributed by atoms with Crippen LogP contribution in [0.5, 0.6) is 0 Å². The fourth-order valence-electron chi connectivity index (χ4n) is 4.09. The molecule has 0 unspecified atom stereocenters. The maximum absolute atomic E-state index is 12.7. The highest BCUT2D eigenvalue weighted by molar-refractivity contribution is 7.92. The minimum atomic E-state index is -3.75. The number of rotatable bonds is 3. The molecule has 1 aromatic heterocycles. The molecule has 8 heteroatoms. The van der Waals surface area contributed by atoms with Crippen molar-refractivity contribution < 1.29 is 13.2 Å². The number of aryl methyl sites for hydroxylation is 2. The second kappa shape index (κ2) is 5.32. The van der Waals surface area contributed by atoms with Crippen LogP contribution in [0.2, 0.25) is 0 Å². The van der Waals surface area contributed by atoms with Gasteiger partial charge >= 0.3 is 0 Å². The quantitative estimate of drug-likeness (QED) is 0.782. The number of anilines is 2. The van der Waals surface area contributed by atoms with Gasteiger partial charge in [0, 0.05) is 11.4 Å². The molecule has 1 saturated carbocycles. The van der Waals surface area contributed by atoms with E-state index in [-0.39, 0.29) is 10.8 Å². The largest absolute Gasteiger partial charge is 0.325 e. The van der Waals surface area contributed by atoms with Crippen LogP contribution in [0.15, 0.2) is 23.1 Å². The molecular weight excluding hydrogens is 340 g/mol. The van der Waals surface area contributed by atoms with Crippen LogP contribution in [-0.2, 0) is 20.2 Å². The summed E-state index contributed by atoms with van der Waals surface area (Å²) < 4.78 is 28.1. The zero-order chi connectivity index (χ0) is 17.8. The molecule has 2 aliphatic rings. The molecule has 2 aromatic rings. The first kappa shape index (κ1) is 16.1. The van der Waals surface area contributed by atoms with Crippen molar-refractivity contribution in [2.24, 2.45) is 0 Å². The fourth-order valence-corrected chi connectivity index (χ4v) is 5.52. The van der Waals surface area contributed by atoms with Crippen LogP contribution < -0.4 is 10.0 Å². The van der Waals surface area contributed by atoms with Gasteiger partial charge in [-0.3, -0.25) is 14.6 Å². The Kier molecular flexibility index (Phi) is 3.44. The van der Waals surface area contributed by atoms with Gasteiger partial charge in [-0.25, -0.2) is 8.42 Å². The van der Waals surface area contributed by atoms with E-state index in [0.29, 0.717) is 17.1 Å². The first-order valence-corrected chi connectivity index (χ1v) is 9.82. The number of carbonyl (C=O) groups is 1. The molecule has 3 N–H and O–H groups in total. The number of aromatic amines is 1. The van der Waals surface area contributed by atoms with Crippen LogP contribution >= 0.6 is 0 Å². The molecule has 0 bridgehead atoms. The van der Waals surface area contributed by atoms with Gasteiger partial charge in [-0.15, -0.1) is 0 Å². The van der Waals surface area contributed by atoms with Crippen LogP contribution in [0.3, 0.4) is 0 Å². The lowest BCUT2D eigenvalue weighted by atomic mass is 9.80. The molecule has 1 amide bonds. The minimum Gasteiger partial charge on any atom is -0.325 e. The molecule has 2 heterocycles. The molecule has 0 radical (unpaired) electrons. The van der Waals surface area contributed by atoms with Crippen molar-refractivity contribution in [1.29, 1.82) is 0 Å². The highest BCUT2D eigenvalue weighted by atomic mass is 32.2. The van der Waals surface area contributed by atoms with Gasteiger partial charge in [0.25, 0.3) is 10.0 Å². The number of hydrogen-bond acceptors (Lipinski definition) is 4. The smallest absolute Gasteiger partial charge is 0.265 e. The number of carbonyl (C=O) groups excluding carboxylic acids is 1. The van der Waals surface area contributed by atoms with Crippen molar-refractivity contribution in [2.45, 2.75) is 49.8 Å². The number of hydrogen-bond donors (Lipinski definition) is 3.